The van der Waals surface area contributed by atoms with Gasteiger partial charge in [0.2, 0.25) is 0 Å². The Morgan fingerprint density at radius 2 is 2.00 bits per heavy atom. The summed E-state index contributed by atoms with van der Waals surface area (Å²) in [5.41, 5.74) is 3.39. The van der Waals surface area contributed by atoms with Crippen LogP contribution in [-0.4, -0.2) is 28.5 Å². The average Bonchev–Trinajstić information content (AvgIpc) is 2.78. The van der Waals surface area contributed by atoms with Crippen LogP contribution >= 0.6 is 0 Å². The summed E-state index contributed by atoms with van der Waals surface area (Å²) in [6.07, 6.45) is 0.427. The molecule has 7 heteroatoms. The molecule has 1 fully saturated rings. The molecule has 1 heterocycles. The Morgan fingerprint density at radius 1 is 1.35 bits per heavy atom. The lowest BCUT2D eigenvalue weighted by atomic mass is 9.92. The molecule has 0 unspecified atom stereocenters. The summed E-state index contributed by atoms with van der Waals surface area (Å²) in [5.74, 6) is -0.484. The van der Waals surface area contributed by atoms with Gasteiger partial charge < -0.3 is 10.6 Å². The van der Waals surface area contributed by atoms with Crippen molar-refractivity contribution in [2.45, 2.75) is 52.1 Å². The molecule has 1 saturated heterocycles. The van der Waals surface area contributed by atoms with Gasteiger partial charge in [-0.1, -0.05) is 37.3 Å². The van der Waals surface area contributed by atoms with Gasteiger partial charge in [0.25, 0.3) is 5.91 Å². The predicted molar refractivity (Wildman–Crippen MR) is 99.9 cm³/mol. The highest BCUT2D eigenvalue weighted by molar-refractivity contribution is 6.07. The molecule has 1 atom stereocenters. The lowest BCUT2D eigenvalue weighted by Gasteiger charge is -2.28. The van der Waals surface area contributed by atoms with Crippen molar-refractivity contribution in [2.75, 3.05) is 0 Å². The molecule has 3 N–H and O–H groups in total. The first-order valence-electron chi connectivity index (χ1n) is 8.52. The number of hydrazine groups is 1. The second-order valence-corrected chi connectivity index (χ2v) is 7.31. The van der Waals surface area contributed by atoms with Crippen LogP contribution in [0.1, 0.15) is 52.2 Å². The molecule has 1 aromatic rings. The second kappa shape index (κ2) is 6.82. The Balaban J connectivity index is 2.12. The molecule has 5 amide bonds. The van der Waals surface area contributed by atoms with Crippen molar-refractivity contribution in [3.63, 3.8) is 0 Å². The Morgan fingerprint density at radius 3 is 2.54 bits per heavy atom. The van der Waals surface area contributed by atoms with Gasteiger partial charge in [-0.05, 0) is 51.3 Å². The molecule has 1 aliphatic rings. The van der Waals surface area contributed by atoms with Crippen molar-refractivity contribution in [3.8, 4) is 0 Å². The SMILES string of the molecule is C=C(C)c1cccc(C(C)(C)NC(=O)NN2C(=O)N[C@](C)(CC)C2=O)c1. The Hall–Kier alpha value is -2.83. The number of allylic oxidation sites excluding steroid dienone is 1. The minimum absolute atomic E-state index is 0.427. The van der Waals surface area contributed by atoms with E-state index >= 15 is 0 Å². The number of benzene rings is 1. The fourth-order valence-corrected chi connectivity index (χ4v) is 2.68. The zero-order valence-corrected chi connectivity index (χ0v) is 15.9. The van der Waals surface area contributed by atoms with Gasteiger partial charge in [-0.15, -0.1) is 0 Å². The maximum atomic E-state index is 12.4. The van der Waals surface area contributed by atoms with Crippen molar-refractivity contribution in [2.24, 2.45) is 0 Å². The lowest BCUT2D eigenvalue weighted by molar-refractivity contribution is -0.132. The van der Waals surface area contributed by atoms with Crippen LogP contribution in [0.4, 0.5) is 9.59 Å². The van der Waals surface area contributed by atoms with Gasteiger partial charge in [0.15, 0.2) is 0 Å². The van der Waals surface area contributed by atoms with Gasteiger partial charge in [-0.2, -0.15) is 5.01 Å². The molecule has 2 rings (SSSR count). The van der Waals surface area contributed by atoms with Crippen LogP contribution in [0.25, 0.3) is 5.57 Å². The first kappa shape index (κ1) is 19.5. The molecule has 0 bridgehead atoms. The van der Waals surface area contributed by atoms with E-state index in [0.29, 0.717) is 6.42 Å². The van der Waals surface area contributed by atoms with E-state index in [1.807, 2.05) is 45.0 Å². The smallest absolute Gasteiger partial charge is 0.328 e. The Kier molecular flexibility index (Phi) is 5.11. The second-order valence-electron chi connectivity index (χ2n) is 7.31. The van der Waals surface area contributed by atoms with Crippen LogP contribution in [0.3, 0.4) is 0 Å². The van der Waals surface area contributed by atoms with Crippen molar-refractivity contribution in [3.05, 3.63) is 42.0 Å². The molecule has 1 aromatic carbocycles. The fourth-order valence-electron chi connectivity index (χ4n) is 2.68. The summed E-state index contributed by atoms with van der Waals surface area (Å²) in [7, 11) is 0. The van der Waals surface area contributed by atoms with Crippen molar-refractivity contribution in [1.29, 1.82) is 0 Å². The number of urea groups is 2. The molecule has 0 aromatic heterocycles. The Labute approximate surface area is 153 Å². The predicted octanol–water partition coefficient (Wildman–Crippen LogP) is 2.89. The third-order valence-electron chi connectivity index (χ3n) is 4.68. The highest BCUT2D eigenvalue weighted by Crippen LogP contribution is 2.24. The van der Waals surface area contributed by atoms with Crippen LogP contribution in [0.15, 0.2) is 30.8 Å². The summed E-state index contributed by atoms with van der Waals surface area (Å²) in [6, 6.07) is 6.40. The molecule has 1 aliphatic heterocycles. The molecule has 0 radical (unpaired) electrons. The minimum Gasteiger partial charge on any atom is -0.328 e. The van der Waals surface area contributed by atoms with Crippen LogP contribution in [0.5, 0.6) is 0 Å². The molecule has 0 spiro atoms. The van der Waals surface area contributed by atoms with E-state index in [0.717, 1.165) is 21.7 Å². The van der Waals surface area contributed by atoms with E-state index in [-0.39, 0.29) is 0 Å². The summed E-state index contributed by atoms with van der Waals surface area (Å²) < 4.78 is 0. The maximum absolute atomic E-state index is 12.4. The zero-order chi connectivity index (χ0) is 19.7. The lowest BCUT2D eigenvalue weighted by Crippen LogP contribution is -2.55. The summed E-state index contributed by atoms with van der Waals surface area (Å²) in [5, 5.41) is 6.10. The van der Waals surface area contributed by atoms with Crippen LogP contribution < -0.4 is 16.1 Å². The Bertz CT molecular complexity index is 772. The third kappa shape index (κ3) is 3.71. The van der Waals surface area contributed by atoms with Crippen LogP contribution in [-0.2, 0) is 10.3 Å². The number of hydrogen-bond donors (Lipinski definition) is 3. The van der Waals surface area contributed by atoms with Crippen molar-refractivity contribution >= 4 is 23.5 Å². The van der Waals surface area contributed by atoms with Crippen LogP contribution in [0, 0.1) is 0 Å². The summed E-state index contributed by atoms with van der Waals surface area (Å²) in [6.45, 7) is 12.9. The number of nitrogens with one attached hydrogen (secondary N) is 3. The van der Waals surface area contributed by atoms with Crippen molar-refractivity contribution in [1.82, 2.24) is 21.1 Å². The third-order valence-corrected chi connectivity index (χ3v) is 4.68. The molecule has 0 aliphatic carbocycles. The topological polar surface area (TPSA) is 90.5 Å². The van der Waals surface area contributed by atoms with Gasteiger partial charge >= 0.3 is 12.1 Å². The molecule has 26 heavy (non-hydrogen) atoms. The van der Waals surface area contributed by atoms with E-state index in [9.17, 15) is 14.4 Å². The fraction of sp³-hybridized carbons (Fsp3) is 0.421. The highest BCUT2D eigenvalue weighted by atomic mass is 16.2. The van der Waals surface area contributed by atoms with Crippen molar-refractivity contribution < 1.29 is 14.4 Å². The average molecular weight is 358 g/mol. The summed E-state index contributed by atoms with van der Waals surface area (Å²) >= 11 is 0. The number of carbonyl (C=O) groups excluding carboxylic acids is 3. The monoisotopic (exact) mass is 358 g/mol. The van der Waals surface area contributed by atoms with E-state index in [4.69, 9.17) is 0 Å². The zero-order valence-electron chi connectivity index (χ0n) is 15.9. The number of nitrogens with zero attached hydrogens (tertiary/aromatic N) is 1. The molecule has 7 nitrogen and oxygen atoms in total. The molecular weight excluding hydrogens is 332 g/mol. The number of hydrogen-bond acceptors (Lipinski definition) is 3. The first-order valence-corrected chi connectivity index (χ1v) is 8.52. The summed E-state index contributed by atoms with van der Waals surface area (Å²) in [4.78, 5) is 36.7. The molecule has 140 valence electrons. The van der Waals surface area contributed by atoms with Gasteiger partial charge in [0.05, 0.1) is 5.54 Å². The van der Waals surface area contributed by atoms with E-state index in [1.165, 1.54) is 0 Å². The maximum Gasteiger partial charge on any atom is 0.344 e. The van der Waals surface area contributed by atoms with Gasteiger partial charge in [-0.3, -0.25) is 4.79 Å². The largest absolute Gasteiger partial charge is 0.344 e. The standard InChI is InChI=1S/C19H26N4O3/c1-7-19(6)15(24)23(17(26)21-19)22-16(25)20-18(4,5)14-10-8-9-13(11-14)12(2)3/h8-11H,2,7H2,1,3-6H3,(H,21,26)(H2,20,22,25)/t19-/m1/s1. The molecule has 0 saturated carbocycles. The minimum atomic E-state index is -1.00. The number of imide groups is 1. The van der Waals surface area contributed by atoms with E-state index < -0.39 is 29.0 Å². The first-order chi connectivity index (χ1) is 12.0. The number of amides is 5. The van der Waals surface area contributed by atoms with Crippen LogP contribution in [0.2, 0.25) is 0 Å². The number of carbonyl (C=O) groups is 3. The van der Waals surface area contributed by atoms with Gasteiger partial charge in [0.1, 0.15) is 5.54 Å². The number of rotatable bonds is 5. The van der Waals surface area contributed by atoms with E-state index in [1.54, 1.807) is 13.8 Å². The normalized spacial score (nSPS) is 20.0. The van der Waals surface area contributed by atoms with E-state index in [2.05, 4.69) is 22.6 Å². The molecular formula is C19H26N4O3. The quantitative estimate of drug-likeness (QED) is 0.707. The van der Waals surface area contributed by atoms with Gasteiger partial charge in [0, 0.05) is 0 Å². The van der Waals surface area contributed by atoms with Gasteiger partial charge in [-0.25, -0.2) is 15.0 Å². The highest BCUT2D eigenvalue weighted by Gasteiger charge is 2.47.